The molecule has 0 spiro atoms. The molecular formula is C10H20N4S2. The van der Waals surface area contributed by atoms with E-state index in [1.165, 1.54) is 17.9 Å². The van der Waals surface area contributed by atoms with Crippen molar-refractivity contribution in [2.75, 3.05) is 23.0 Å². The van der Waals surface area contributed by atoms with Crippen LogP contribution in [0.25, 0.3) is 0 Å². The Kier molecular flexibility index (Phi) is 6.05. The predicted molar refractivity (Wildman–Crippen MR) is 73.2 cm³/mol. The Hall–Kier alpha value is -0.360. The molecule has 0 aliphatic rings. The van der Waals surface area contributed by atoms with Crippen LogP contribution in [0.15, 0.2) is 5.16 Å². The number of nitrogens with two attached hydrogens (primary N) is 1. The topological polar surface area (TPSA) is 56.7 Å². The number of hydrogen-bond donors (Lipinski definition) is 1. The molecule has 0 radical (unpaired) electrons. The highest BCUT2D eigenvalue weighted by Crippen LogP contribution is 2.23. The van der Waals surface area contributed by atoms with E-state index < -0.39 is 0 Å². The number of rotatable bonds is 7. The molecule has 0 aliphatic carbocycles. The zero-order valence-electron chi connectivity index (χ0n) is 10.1. The lowest BCUT2D eigenvalue weighted by Crippen LogP contribution is -2.07. The first-order valence-corrected chi connectivity index (χ1v) is 7.71. The van der Waals surface area contributed by atoms with Crippen LogP contribution in [0, 0.1) is 0 Å². The van der Waals surface area contributed by atoms with Crippen molar-refractivity contribution in [1.82, 2.24) is 14.8 Å². The third-order valence-corrected chi connectivity index (χ3v) is 4.09. The summed E-state index contributed by atoms with van der Waals surface area (Å²) in [5.74, 6) is 4.01. The molecule has 0 bridgehead atoms. The minimum absolute atomic E-state index is 0.322. The van der Waals surface area contributed by atoms with Gasteiger partial charge in [0, 0.05) is 11.8 Å². The van der Waals surface area contributed by atoms with Crippen molar-refractivity contribution in [2.45, 2.75) is 38.4 Å². The normalized spacial score (nSPS) is 11.2. The fourth-order valence-electron chi connectivity index (χ4n) is 1.34. The molecule has 0 amide bonds. The van der Waals surface area contributed by atoms with Gasteiger partial charge in [0.1, 0.15) is 0 Å². The highest BCUT2D eigenvalue weighted by atomic mass is 32.2. The number of anilines is 1. The molecule has 1 aromatic heterocycles. The van der Waals surface area contributed by atoms with Gasteiger partial charge >= 0.3 is 0 Å². The van der Waals surface area contributed by atoms with E-state index >= 15 is 0 Å². The third-order valence-electron chi connectivity index (χ3n) is 2.08. The summed E-state index contributed by atoms with van der Waals surface area (Å²) in [6, 6.07) is 0.322. The summed E-state index contributed by atoms with van der Waals surface area (Å²) in [5, 5.41) is 8.96. The smallest absolute Gasteiger partial charge is 0.222 e. The summed E-state index contributed by atoms with van der Waals surface area (Å²) < 4.78 is 1.98. The highest BCUT2D eigenvalue weighted by Gasteiger charge is 2.12. The van der Waals surface area contributed by atoms with Crippen molar-refractivity contribution in [1.29, 1.82) is 0 Å². The third kappa shape index (κ3) is 3.90. The van der Waals surface area contributed by atoms with Crippen molar-refractivity contribution in [3.05, 3.63) is 0 Å². The summed E-state index contributed by atoms with van der Waals surface area (Å²) in [6.07, 6.45) is 1.20. The summed E-state index contributed by atoms with van der Waals surface area (Å²) >= 11 is 3.72. The molecule has 0 saturated heterocycles. The predicted octanol–water partition coefficient (Wildman–Crippen LogP) is 2.68. The van der Waals surface area contributed by atoms with E-state index in [9.17, 15) is 0 Å². The highest BCUT2D eigenvalue weighted by molar-refractivity contribution is 8.00. The van der Waals surface area contributed by atoms with Crippen molar-refractivity contribution < 1.29 is 0 Å². The Morgan fingerprint density at radius 3 is 2.69 bits per heavy atom. The Labute approximate surface area is 106 Å². The minimum atomic E-state index is 0.322. The molecule has 0 aromatic carbocycles. The van der Waals surface area contributed by atoms with Gasteiger partial charge in [0.25, 0.3) is 0 Å². The van der Waals surface area contributed by atoms with Crippen molar-refractivity contribution in [2.24, 2.45) is 0 Å². The summed E-state index contributed by atoms with van der Waals surface area (Å²) in [7, 11) is 0. The van der Waals surface area contributed by atoms with Gasteiger partial charge in [-0.25, -0.2) is 0 Å². The maximum Gasteiger partial charge on any atom is 0.222 e. The Balaban J connectivity index is 2.41. The number of aromatic nitrogens is 3. The number of thioether (sulfide) groups is 2. The van der Waals surface area contributed by atoms with Gasteiger partial charge in [-0.05, 0) is 31.8 Å². The second-order valence-electron chi connectivity index (χ2n) is 3.70. The average Bonchev–Trinajstić information content (AvgIpc) is 2.59. The molecule has 6 heteroatoms. The average molecular weight is 260 g/mol. The summed E-state index contributed by atoms with van der Waals surface area (Å²) in [5.41, 5.74) is 5.77. The molecule has 0 fully saturated rings. The van der Waals surface area contributed by atoms with E-state index in [0.717, 1.165) is 10.9 Å². The Bertz CT molecular complexity index is 312. The Morgan fingerprint density at radius 1 is 1.31 bits per heavy atom. The van der Waals surface area contributed by atoms with Crippen LogP contribution in [-0.2, 0) is 0 Å². The molecule has 0 atom stereocenters. The van der Waals surface area contributed by atoms with E-state index in [-0.39, 0.29) is 0 Å². The fraction of sp³-hybridized carbons (Fsp3) is 0.800. The van der Waals surface area contributed by atoms with Gasteiger partial charge in [0.05, 0.1) is 0 Å². The zero-order chi connectivity index (χ0) is 12.0. The Morgan fingerprint density at radius 2 is 2.06 bits per heavy atom. The first-order chi connectivity index (χ1) is 7.66. The maximum absolute atomic E-state index is 5.77. The van der Waals surface area contributed by atoms with Crippen molar-refractivity contribution in [3.63, 3.8) is 0 Å². The van der Waals surface area contributed by atoms with Gasteiger partial charge in [-0.1, -0.05) is 18.7 Å². The summed E-state index contributed by atoms with van der Waals surface area (Å²) in [6.45, 7) is 6.38. The van der Waals surface area contributed by atoms with E-state index in [2.05, 4.69) is 31.0 Å². The van der Waals surface area contributed by atoms with E-state index in [4.69, 9.17) is 5.73 Å². The molecule has 0 aliphatic heterocycles. The van der Waals surface area contributed by atoms with Gasteiger partial charge in [-0.2, -0.15) is 11.8 Å². The van der Waals surface area contributed by atoms with E-state index in [0.29, 0.717) is 12.0 Å². The van der Waals surface area contributed by atoms with Gasteiger partial charge in [0.2, 0.25) is 5.95 Å². The molecule has 1 rings (SSSR count). The maximum atomic E-state index is 5.77. The molecule has 16 heavy (non-hydrogen) atoms. The first kappa shape index (κ1) is 13.7. The lowest BCUT2D eigenvalue weighted by atomic mass is 10.4. The zero-order valence-corrected chi connectivity index (χ0v) is 11.8. The van der Waals surface area contributed by atoms with Crippen LogP contribution in [0.4, 0.5) is 5.95 Å². The van der Waals surface area contributed by atoms with Crippen molar-refractivity contribution in [3.8, 4) is 0 Å². The largest absolute Gasteiger partial charge is 0.368 e. The first-order valence-electron chi connectivity index (χ1n) is 5.57. The van der Waals surface area contributed by atoms with Crippen LogP contribution < -0.4 is 5.73 Å². The fourth-order valence-corrected chi connectivity index (χ4v) is 3.17. The molecule has 92 valence electrons. The molecule has 1 aromatic rings. The van der Waals surface area contributed by atoms with Crippen molar-refractivity contribution >= 4 is 29.5 Å². The second-order valence-corrected chi connectivity index (χ2v) is 6.16. The lowest BCUT2D eigenvalue weighted by Gasteiger charge is -2.10. The van der Waals surface area contributed by atoms with Gasteiger partial charge in [-0.15, -0.1) is 10.2 Å². The van der Waals surface area contributed by atoms with Crippen LogP contribution in [-0.4, -0.2) is 32.0 Å². The van der Waals surface area contributed by atoms with Gasteiger partial charge < -0.3 is 5.73 Å². The van der Waals surface area contributed by atoms with Crippen LogP contribution in [0.3, 0.4) is 0 Å². The van der Waals surface area contributed by atoms with Crippen LogP contribution in [0.2, 0.25) is 0 Å². The lowest BCUT2D eigenvalue weighted by molar-refractivity contribution is 0.557. The van der Waals surface area contributed by atoms with Crippen LogP contribution in [0.5, 0.6) is 0 Å². The molecule has 4 nitrogen and oxygen atoms in total. The quantitative estimate of drug-likeness (QED) is 0.603. The van der Waals surface area contributed by atoms with E-state index in [1.54, 1.807) is 11.8 Å². The SMILES string of the molecule is CCSCCCSc1nnc(N)n1C(C)C. The molecule has 0 unspecified atom stereocenters. The van der Waals surface area contributed by atoms with Crippen LogP contribution >= 0.6 is 23.5 Å². The minimum Gasteiger partial charge on any atom is -0.368 e. The second kappa shape index (κ2) is 7.06. The summed E-state index contributed by atoms with van der Waals surface area (Å²) in [4.78, 5) is 0. The number of nitrogen functional groups attached to an aromatic ring is 1. The monoisotopic (exact) mass is 260 g/mol. The van der Waals surface area contributed by atoms with Gasteiger partial charge in [0.15, 0.2) is 5.16 Å². The number of hydrogen-bond acceptors (Lipinski definition) is 5. The van der Waals surface area contributed by atoms with E-state index in [1.807, 2.05) is 16.3 Å². The molecule has 2 N–H and O–H groups in total. The number of nitrogens with zero attached hydrogens (tertiary/aromatic N) is 3. The standard InChI is InChI=1S/C10H20N4S2/c1-4-15-6-5-7-16-10-13-12-9(11)14(10)8(2)3/h8H,4-7H2,1-3H3,(H2,11,12). The molecular weight excluding hydrogens is 240 g/mol. The van der Waals surface area contributed by atoms with Gasteiger partial charge in [-0.3, -0.25) is 4.57 Å². The van der Waals surface area contributed by atoms with Crippen LogP contribution in [0.1, 0.15) is 33.2 Å². The molecule has 1 heterocycles. The molecule has 0 saturated carbocycles.